The number of rotatable bonds is 13. The molecule has 1 aromatic heterocycles. The van der Waals surface area contributed by atoms with E-state index in [1.54, 1.807) is 123 Å². The highest BCUT2D eigenvalue weighted by molar-refractivity contribution is 8.00. The summed E-state index contributed by atoms with van der Waals surface area (Å²) in [4.78, 5) is 66.3. The molecule has 0 atom stereocenters. The number of methoxy groups -OCH3 is 2. The fourth-order valence-electron chi connectivity index (χ4n) is 4.86. The van der Waals surface area contributed by atoms with E-state index < -0.39 is 29.6 Å². The third-order valence-electron chi connectivity index (χ3n) is 7.44. The molecule has 0 aliphatic rings. The Hall–Kier alpha value is -6.18. The highest BCUT2D eigenvalue weighted by Crippen LogP contribution is 2.35. The van der Waals surface area contributed by atoms with Gasteiger partial charge in [0.1, 0.15) is 16.4 Å². The number of amides is 4. The Morgan fingerprint density at radius 2 is 1.42 bits per heavy atom. The average Bonchev–Trinajstić information content (AvgIpc) is 3.49. The molecular weight excluding hydrogens is 701 g/mol. The topological polar surface area (TPSA) is 152 Å². The summed E-state index contributed by atoms with van der Waals surface area (Å²) < 4.78 is 10.2. The van der Waals surface area contributed by atoms with E-state index in [2.05, 4.69) is 21.3 Å². The van der Waals surface area contributed by atoms with Crippen molar-refractivity contribution >= 4 is 75.1 Å². The zero-order chi connectivity index (χ0) is 37.0. The molecule has 5 aromatic rings. The molecule has 0 saturated heterocycles. The van der Waals surface area contributed by atoms with Crippen LogP contribution in [0.2, 0.25) is 0 Å². The summed E-state index contributed by atoms with van der Waals surface area (Å²) in [6, 6.07) is 31.3. The Bertz CT molecular complexity index is 2120. The van der Waals surface area contributed by atoms with Crippen molar-refractivity contribution in [3.8, 4) is 5.75 Å². The summed E-state index contributed by atoms with van der Waals surface area (Å²) in [5, 5.41) is 11.3. The van der Waals surface area contributed by atoms with Gasteiger partial charge in [0, 0.05) is 21.8 Å². The van der Waals surface area contributed by atoms with E-state index >= 15 is 0 Å². The molecule has 0 aliphatic carbocycles. The molecule has 0 radical (unpaired) electrons. The monoisotopic (exact) mass is 734 g/mol. The van der Waals surface area contributed by atoms with Gasteiger partial charge in [0.25, 0.3) is 17.7 Å². The third-order valence-corrected chi connectivity index (χ3v) is 9.64. The predicted molar refractivity (Wildman–Crippen MR) is 204 cm³/mol. The van der Waals surface area contributed by atoms with Gasteiger partial charge in [-0.15, -0.1) is 23.1 Å². The third kappa shape index (κ3) is 9.74. The normalized spacial score (nSPS) is 10.9. The van der Waals surface area contributed by atoms with Crippen molar-refractivity contribution in [3.63, 3.8) is 0 Å². The molecule has 4 N–H and O–H groups in total. The van der Waals surface area contributed by atoms with Gasteiger partial charge >= 0.3 is 5.97 Å². The maximum absolute atomic E-state index is 13.5. The second kappa shape index (κ2) is 17.7. The molecule has 0 saturated carbocycles. The summed E-state index contributed by atoms with van der Waals surface area (Å²) in [6.07, 6.45) is 1.56. The van der Waals surface area contributed by atoms with Crippen LogP contribution in [0.1, 0.15) is 41.5 Å². The van der Waals surface area contributed by atoms with Gasteiger partial charge in [-0.05, 0) is 78.7 Å². The lowest BCUT2D eigenvalue weighted by atomic mass is 10.1. The Labute approximate surface area is 308 Å². The van der Waals surface area contributed by atoms with Crippen molar-refractivity contribution in [1.29, 1.82) is 0 Å². The molecule has 0 unspecified atom stereocenters. The summed E-state index contributed by atoms with van der Waals surface area (Å²) in [5.41, 5.74) is 2.57. The first-order valence-corrected chi connectivity index (χ1v) is 17.6. The molecule has 4 aromatic carbocycles. The maximum atomic E-state index is 13.5. The van der Waals surface area contributed by atoms with Crippen molar-refractivity contribution in [2.75, 3.05) is 35.9 Å². The zero-order valence-corrected chi connectivity index (χ0v) is 30.0. The first kappa shape index (κ1) is 37.1. The molecule has 5 rings (SSSR count). The van der Waals surface area contributed by atoms with Crippen LogP contribution in [0.15, 0.2) is 120 Å². The molecule has 264 valence electrons. The van der Waals surface area contributed by atoms with Crippen molar-refractivity contribution < 1.29 is 33.4 Å². The number of carbonyl (C=O) groups is 5. The first-order valence-electron chi connectivity index (χ1n) is 15.8. The molecule has 0 fully saturated rings. The van der Waals surface area contributed by atoms with Crippen LogP contribution in [0, 0.1) is 6.92 Å². The second-order valence-electron chi connectivity index (χ2n) is 11.0. The van der Waals surface area contributed by atoms with E-state index in [1.807, 2.05) is 6.07 Å². The van der Waals surface area contributed by atoms with Gasteiger partial charge in [-0.25, -0.2) is 4.79 Å². The van der Waals surface area contributed by atoms with Crippen LogP contribution in [0.25, 0.3) is 6.08 Å². The van der Waals surface area contributed by atoms with Crippen molar-refractivity contribution in [3.05, 3.63) is 142 Å². The molecule has 11 nitrogen and oxygen atoms in total. The van der Waals surface area contributed by atoms with Crippen LogP contribution in [0.3, 0.4) is 0 Å². The van der Waals surface area contributed by atoms with Gasteiger partial charge in [0.05, 0.1) is 30.4 Å². The molecule has 0 aliphatic heterocycles. The number of thiophene rings is 1. The number of nitrogens with one attached hydrogen (secondary N) is 4. The Morgan fingerprint density at radius 1 is 0.750 bits per heavy atom. The van der Waals surface area contributed by atoms with E-state index in [0.717, 1.165) is 11.3 Å². The molecule has 1 heterocycles. The van der Waals surface area contributed by atoms with Gasteiger partial charge in [-0.2, -0.15) is 0 Å². The van der Waals surface area contributed by atoms with E-state index in [9.17, 15) is 24.0 Å². The summed E-state index contributed by atoms with van der Waals surface area (Å²) in [6.45, 7) is 1.62. The number of anilines is 3. The lowest BCUT2D eigenvalue weighted by molar-refractivity contribution is -0.114. The van der Waals surface area contributed by atoms with Crippen molar-refractivity contribution in [1.82, 2.24) is 5.32 Å². The van der Waals surface area contributed by atoms with Gasteiger partial charge in [-0.3, -0.25) is 19.2 Å². The number of benzene rings is 4. The minimum Gasteiger partial charge on any atom is -0.497 e. The number of ether oxygens (including phenoxy) is 2. The number of carbonyl (C=O) groups excluding carboxylic acids is 5. The molecule has 0 spiro atoms. The average molecular weight is 735 g/mol. The van der Waals surface area contributed by atoms with E-state index in [4.69, 9.17) is 9.47 Å². The molecular formula is C39H34N4O7S2. The van der Waals surface area contributed by atoms with Gasteiger partial charge < -0.3 is 30.7 Å². The highest BCUT2D eigenvalue weighted by atomic mass is 32.2. The quantitative estimate of drug-likeness (QED) is 0.0561. The maximum Gasteiger partial charge on any atom is 0.341 e. The number of thioether (sulfide) groups is 1. The lowest BCUT2D eigenvalue weighted by Crippen LogP contribution is -2.30. The van der Waals surface area contributed by atoms with Crippen molar-refractivity contribution in [2.24, 2.45) is 0 Å². The predicted octanol–water partition coefficient (Wildman–Crippen LogP) is 7.24. The molecule has 4 amide bonds. The summed E-state index contributed by atoms with van der Waals surface area (Å²) >= 11 is 2.18. The van der Waals surface area contributed by atoms with Gasteiger partial charge in [0.2, 0.25) is 5.91 Å². The van der Waals surface area contributed by atoms with Crippen LogP contribution >= 0.6 is 23.1 Å². The fourth-order valence-corrected chi connectivity index (χ4v) is 6.72. The molecule has 13 heteroatoms. The Morgan fingerprint density at radius 3 is 2.10 bits per heavy atom. The first-order chi connectivity index (χ1) is 25.1. The number of para-hydroxylation sites is 1. The largest absolute Gasteiger partial charge is 0.497 e. The lowest BCUT2D eigenvalue weighted by Gasteiger charge is -2.12. The Kier molecular flexibility index (Phi) is 12.6. The van der Waals surface area contributed by atoms with Crippen LogP contribution in [-0.2, 0) is 14.3 Å². The molecule has 0 bridgehead atoms. The van der Waals surface area contributed by atoms with Crippen LogP contribution < -0.4 is 26.0 Å². The number of hydrogen-bond donors (Lipinski definition) is 4. The number of hydrogen-bond acceptors (Lipinski definition) is 9. The summed E-state index contributed by atoms with van der Waals surface area (Å²) in [5.74, 6) is -1.94. The Balaban J connectivity index is 1.27. The molecule has 52 heavy (non-hydrogen) atoms. The van der Waals surface area contributed by atoms with Crippen LogP contribution in [-0.4, -0.2) is 49.6 Å². The minimum absolute atomic E-state index is 0.0147. The fraction of sp³-hybridized carbons (Fsp3) is 0.103. The zero-order valence-electron chi connectivity index (χ0n) is 28.4. The second-order valence-corrected chi connectivity index (χ2v) is 13.1. The van der Waals surface area contributed by atoms with Gasteiger partial charge in [0.15, 0.2) is 0 Å². The minimum atomic E-state index is -0.681. The van der Waals surface area contributed by atoms with Crippen molar-refractivity contribution in [2.45, 2.75) is 11.8 Å². The van der Waals surface area contributed by atoms with E-state index in [1.165, 1.54) is 18.9 Å². The van der Waals surface area contributed by atoms with Gasteiger partial charge in [-0.1, -0.05) is 54.6 Å². The summed E-state index contributed by atoms with van der Waals surface area (Å²) in [7, 11) is 2.78. The van der Waals surface area contributed by atoms with E-state index in [0.29, 0.717) is 38.7 Å². The number of esters is 1. The van der Waals surface area contributed by atoms with E-state index in [-0.39, 0.29) is 26.9 Å². The van der Waals surface area contributed by atoms with Crippen LogP contribution in [0.4, 0.5) is 16.4 Å². The SMILES string of the molecule is COC(=O)c1c(NC(=O)CSc2cccc(NC(=O)/C(=C\c3ccc(OC)cc3)NC(=O)c3ccccc3)c2)sc(C(=O)Nc2ccccc2)c1C. The highest BCUT2D eigenvalue weighted by Gasteiger charge is 2.26. The van der Waals surface area contributed by atoms with Crippen LogP contribution in [0.5, 0.6) is 5.75 Å². The standard InChI is InChI=1S/C39H34N4O7S2/c1-24-33(39(48)50-3)38(52-34(24)37(47)40-27-13-8-5-9-14-27)43-32(44)23-51-30-16-10-15-28(22-30)41-36(46)31(21-25-17-19-29(49-2)20-18-25)42-35(45)26-11-6-4-7-12-26/h4-22H,23H2,1-3H3,(H,40,47)(H,41,46)(H,42,45)(H,43,44)/b31-21+. The smallest absolute Gasteiger partial charge is 0.341 e.